The molecule has 0 saturated carbocycles. The zero-order chi connectivity index (χ0) is 29.8. The van der Waals surface area contributed by atoms with Crippen LogP contribution in [0, 0.1) is 0 Å². The fourth-order valence-corrected chi connectivity index (χ4v) is 5.48. The highest BCUT2D eigenvalue weighted by Crippen LogP contribution is 2.51. The molecule has 43 heavy (non-hydrogen) atoms. The average molecular weight is 581 g/mol. The molecule has 12 heteroatoms. The van der Waals surface area contributed by atoms with Gasteiger partial charge >= 0.3 is 5.63 Å². The topological polar surface area (TPSA) is 140 Å². The summed E-state index contributed by atoms with van der Waals surface area (Å²) in [5.41, 5.74) is 2.06. The zero-order valence-electron chi connectivity index (χ0n) is 23.4. The number of nitrogens with zero attached hydrogens (tertiary/aromatic N) is 4. The Morgan fingerprint density at radius 3 is 2.33 bits per heavy atom. The molecule has 0 fully saturated rings. The number of methoxy groups -OCH3 is 4. The van der Waals surface area contributed by atoms with Crippen molar-refractivity contribution in [1.29, 1.82) is 0 Å². The van der Waals surface area contributed by atoms with Gasteiger partial charge in [0.2, 0.25) is 11.6 Å². The van der Waals surface area contributed by atoms with Gasteiger partial charge in [0.05, 0.1) is 50.9 Å². The lowest BCUT2D eigenvalue weighted by atomic mass is 9.83. The Labute approximate surface area is 243 Å². The van der Waals surface area contributed by atoms with Gasteiger partial charge in [0, 0.05) is 5.56 Å². The molecule has 0 saturated heterocycles. The zero-order valence-corrected chi connectivity index (χ0v) is 23.4. The average Bonchev–Trinajstić information content (AvgIpc) is 3.48. The van der Waals surface area contributed by atoms with Gasteiger partial charge in [-0.15, -0.1) is 5.10 Å². The first kappa shape index (κ1) is 26.1. The maximum atomic E-state index is 13.7. The first-order valence-corrected chi connectivity index (χ1v) is 13.1. The van der Waals surface area contributed by atoms with Crippen LogP contribution < -0.4 is 29.3 Å². The molecule has 6 aromatic rings. The molecule has 1 unspecified atom stereocenters. The van der Waals surface area contributed by atoms with Crippen LogP contribution in [-0.4, -0.2) is 53.1 Å². The van der Waals surface area contributed by atoms with Gasteiger partial charge in [0.25, 0.3) is 0 Å². The first-order chi connectivity index (χ1) is 20.9. The number of aromatic nitrogens is 4. The van der Waals surface area contributed by atoms with E-state index in [-0.39, 0.29) is 17.2 Å². The summed E-state index contributed by atoms with van der Waals surface area (Å²) in [6.07, 6.45) is 1.49. The summed E-state index contributed by atoms with van der Waals surface area (Å²) in [6.45, 7) is 0. The molecule has 216 valence electrons. The molecule has 1 aliphatic heterocycles. The Kier molecular flexibility index (Phi) is 6.04. The predicted octanol–water partition coefficient (Wildman–Crippen LogP) is 4.92. The molecule has 3 aromatic heterocycles. The SMILES string of the molecule is COc1ccc(-c2nc3c4c(ncn3n2)Oc2c(c(=O)oc3ccccc23)C4c2cc(OC)c(OC)c(OC)c2)cc1O. The van der Waals surface area contributed by atoms with Crippen LogP contribution in [0.25, 0.3) is 28.0 Å². The first-order valence-electron chi connectivity index (χ1n) is 13.1. The number of aromatic hydroxyl groups is 1. The smallest absolute Gasteiger partial charge is 0.344 e. The summed E-state index contributed by atoms with van der Waals surface area (Å²) in [5, 5.41) is 15.6. The van der Waals surface area contributed by atoms with Crippen molar-refractivity contribution in [3.8, 4) is 51.8 Å². The maximum Gasteiger partial charge on any atom is 0.344 e. The Hall–Kier alpha value is -5.78. The molecule has 0 radical (unpaired) electrons. The molecule has 1 atom stereocenters. The second kappa shape index (κ2) is 9.94. The molecule has 4 heterocycles. The van der Waals surface area contributed by atoms with Crippen LogP contribution in [0.1, 0.15) is 22.6 Å². The van der Waals surface area contributed by atoms with E-state index in [1.54, 1.807) is 36.4 Å². The molecule has 0 spiro atoms. The van der Waals surface area contributed by atoms with Gasteiger partial charge in [-0.3, -0.25) is 0 Å². The summed E-state index contributed by atoms with van der Waals surface area (Å²) in [5.74, 6) is 1.54. The molecule has 1 N–H and O–H groups in total. The van der Waals surface area contributed by atoms with Crippen LogP contribution in [0.15, 0.2) is 70.1 Å². The van der Waals surface area contributed by atoms with E-state index in [1.165, 1.54) is 45.3 Å². The second-order valence-corrected chi connectivity index (χ2v) is 9.68. The van der Waals surface area contributed by atoms with Gasteiger partial charge < -0.3 is 33.2 Å². The highest BCUT2D eigenvalue weighted by Gasteiger charge is 2.38. The molecule has 3 aromatic carbocycles. The third kappa shape index (κ3) is 3.98. The number of para-hydroxylation sites is 1. The summed E-state index contributed by atoms with van der Waals surface area (Å²) in [6, 6.07) is 15.5. The van der Waals surface area contributed by atoms with Gasteiger partial charge in [-0.1, -0.05) is 12.1 Å². The van der Waals surface area contributed by atoms with E-state index >= 15 is 0 Å². The summed E-state index contributed by atoms with van der Waals surface area (Å²) < 4.78 is 35.6. The van der Waals surface area contributed by atoms with E-state index in [0.29, 0.717) is 67.9 Å². The van der Waals surface area contributed by atoms with Crippen molar-refractivity contribution in [3.05, 3.63) is 88.0 Å². The van der Waals surface area contributed by atoms with E-state index < -0.39 is 11.5 Å². The number of benzene rings is 3. The van der Waals surface area contributed by atoms with Crippen LogP contribution in [0.4, 0.5) is 0 Å². The number of ether oxygens (including phenoxy) is 5. The van der Waals surface area contributed by atoms with Crippen molar-refractivity contribution in [2.45, 2.75) is 5.92 Å². The van der Waals surface area contributed by atoms with Crippen LogP contribution in [0.5, 0.6) is 40.4 Å². The van der Waals surface area contributed by atoms with E-state index in [4.69, 9.17) is 33.1 Å². The third-order valence-corrected chi connectivity index (χ3v) is 7.42. The van der Waals surface area contributed by atoms with E-state index in [0.717, 1.165) is 0 Å². The van der Waals surface area contributed by atoms with E-state index in [2.05, 4.69) is 10.1 Å². The molecule has 7 rings (SSSR count). The van der Waals surface area contributed by atoms with E-state index in [9.17, 15) is 9.90 Å². The van der Waals surface area contributed by atoms with Gasteiger partial charge in [0.1, 0.15) is 11.9 Å². The highest BCUT2D eigenvalue weighted by molar-refractivity contribution is 5.87. The van der Waals surface area contributed by atoms with Gasteiger partial charge in [-0.05, 0) is 48.0 Å². The summed E-state index contributed by atoms with van der Waals surface area (Å²) in [7, 11) is 6.02. The Morgan fingerprint density at radius 1 is 0.884 bits per heavy atom. The van der Waals surface area contributed by atoms with E-state index in [1.807, 2.05) is 12.1 Å². The van der Waals surface area contributed by atoms with Crippen LogP contribution >= 0.6 is 0 Å². The Morgan fingerprint density at radius 2 is 1.63 bits per heavy atom. The van der Waals surface area contributed by atoms with Crippen molar-refractivity contribution in [2.24, 2.45) is 0 Å². The molecule has 12 nitrogen and oxygen atoms in total. The Bertz CT molecular complexity index is 2090. The number of phenolic OH excluding ortho intramolecular Hbond substituents is 1. The summed E-state index contributed by atoms with van der Waals surface area (Å²) in [4.78, 5) is 23.1. The number of hydrogen-bond donors (Lipinski definition) is 1. The number of fused-ring (bicyclic) bond motifs is 6. The monoisotopic (exact) mass is 580 g/mol. The van der Waals surface area contributed by atoms with Crippen LogP contribution in [0.2, 0.25) is 0 Å². The van der Waals surface area contributed by atoms with Crippen LogP contribution in [-0.2, 0) is 0 Å². The maximum absolute atomic E-state index is 13.7. The molecule has 0 bridgehead atoms. The lowest BCUT2D eigenvalue weighted by Crippen LogP contribution is -2.22. The molecule has 0 aliphatic carbocycles. The predicted molar refractivity (Wildman–Crippen MR) is 154 cm³/mol. The Balaban J connectivity index is 1.54. The van der Waals surface area contributed by atoms with Gasteiger partial charge in [-0.25, -0.2) is 19.3 Å². The van der Waals surface area contributed by atoms with Crippen LogP contribution in [0.3, 0.4) is 0 Å². The number of rotatable bonds is 6. The minimum Gasteiger partial charge on any atom is -0.504 e. The fraction of sp³-hybridized carbons (Fsp3) is 0.161. The highest BCUT2D eigenvalue weighted by atomic mass is 16.5. The number of hydrogen-bond acceptors (Lipinski definition) is 11. The second-order valence-electron chi connectivity index (χ2n) is 9.68. The molecular weight excluding hydrogens is 556 g/mol. The van der Waals surface area contributed by atoms with Gasteiger partial charge in [-0.2, -0.15) is 0 Å². The third-order valence-electron chi connectivity index (χ3n) is 7.42. The lowest BCUT2D eigenvalue weighted by molar-refractivity contribution is 0.323. The van der Waals surface area contributed by atoms with Gasteiger partial charge in [0.15, 0.2) is 40.2 Å². The summed E-state index contributed by atoms with van der Waals surface area (Å²) >= 11 is 0. The minimum absolute atomic E-state index is 0.0592. The normalized spacial score (nSPS) is 13.7. The largest absolute Gasteiger partial charge is 0.504 e. The quantitative estimate of drug-likeness (QED) is 0.268. The lowest BCUT2D eigenvalue weighted by Gasteiger charge is -2.28. The van der Waals surface area contributed by atoms with Crippen molar-refractivity contribution < 1.29 is 33.2 Å². The minimum atomic E-state index is -0.786. The fourth-order valence-electron chi connectivity index (χ4n) is 5.48. The molecule has 1 aliphatic rings. The van der Waals surface area contributed by atoms with Crippen molar-refractivity contribution in [2.75, 3.05) is 28.4 Å². The molecular formula is C31H24N4O8. The number of phenols is 1. The molecule has 0 amide bonds. The van der Waals surface area contributed by atoms with Crippen molar-refractivity contribution in [3.63, 3.8) is 0 Å². The van der Waals surface area contributed by atoms with Crippen molar-refractivity contribution in [1.82, 2.24) is 19.6 Å². The standard InChI is InChI=1S/C31H24N4O8/c1-38-20-10-9-15(11-18(20)36)28-33-29-25-23(16-12-21(39-2)27(41-4)22(13-16)40-3)24-26(43-30(25)32-14-35(29)34-28)17-7-5-6-8-19(17)42-31(24)37/h5-14,23,36H,1-4H3. The van der Waals surface area contributed by atoms with Crippen molar-refractivity contribution >= 4 is 16.6 Å².